The van der Waals surface area contributed by atoms with E-state index in [1.54, 1.807) is 24.4 Å². The van der Waals surface area contributed by atoms with Crippen LogP contribution in [0.4, 0.5) is 4.39 Å². The molecular weight excluding hydrogens is 325 g/mol. The topological polar surface area (TPSA) is 84.2 Å². The zero-order valence-corrected chi connectivity index (χ0v) is 13.6. The van der Waals surface area contributed by atoms with E-state index < -0.39 is 17.5 Å². The van der Waals surface area contributed by atoms with Crippen molar-refractivity contribution in [1.29, 1.82) is 5.26 Å². The van der Waals surface area contributed by atoms with Crippen LogP contribution in [0.25, 0.3) is 10.8 Å². The van der Waals surface area contributed by atoms with E-state index in [-0.39, 0.29) is 12.6 Å². The van der Waals surface area contributed by atoms with Gasteiger partial charge in [0.15, 0.2) is 6.17 Å². The Morgan fingerprint density at radius 1 is 1.48 bits per heavy atom. The molecule has 2 fully saturated rings. The molecule has 1 saturated heterocycles. The summed E-state index contributed by atoms with van der Waals surface area (Å²) in [6.45, 7) is 0.153. The van der Waals surface area contributed by atoms with Gasteiger partial charge in [-0.25, -0.2) is 9.37 Å². The average Bonchev–Trinajstić information content (AvgIpc) is 3.40. The number of rotatable bonds is 4. The summed E-state index contributed by atoms with van der Waals surface area (Å²) >= 11 is 0. The van der Waals surface area contributed by atoms with Gasteiger partial charge in [-0.15, -0.1) is 0 Å². The quantitative estimate of drug-likeness (QED) is 0.921. The number of methoxy groups -OCH3 is 1. The number of alkyl halides is 1. The van der Waals surface area contributed by atoms with Crippen molar-refractivity contribution in [3.8, 4) is 17.7 Å². The molecule has 7 heteroatoms. The number of halogens is 1. The maximum absolute atomic E-state index is 14.0. The van der Waals surface area contributed by atoms with Crippen LogP contribution in [0, 0.1) is 16.7 Å². The van der Waals surface area contributed by atoms with E-state index in [1.165, 1.54) is 7.11 Å². The van der Waals surface area contributed by atoms with Crippen LogP contribution in [0.5, 0.6) is 11.6 Å². The van der Waals surface area contributed by atoms with Crippen LogP contribution in [0.15, 0.2) is 24.4 Å². The third kappa shape index (κ3) is 2.37. The van der Waals surface area contributed by atoms with Gasteiger partial charge in [-0.1, -0.05) is 0 Å². The summed E-state index contributed by atoms with van der Waals surface area (Å²) < 4.78 is 25.1. The van der Waals surface area contributed by atoms with E-state index in [1.807, 2.05) is 0 Å². The highest BCUT2D eigenvalue weighted by Gasteiger charge is 2.63. The molecule has 2 aromatic rings. The lowest BCUT2D eigenvalue weighted by atomic mass is 9.96. The highest BCUT2D eigenvalue weighted by molar-refractivity contribution is 5.89. The molecule has 1 aliphatic heterocycles. The first-order valence-electron chi connectivity index (χ1n) is 8.03. The van der Waals surface area contributed by atoms with Crippen molar-refractivity contribution in [2.45, 2.75) is 25.1 Å². The number of carbonyl (C=O) groups excluding carboxylic acids is 1. The molecule has 1 amide bonds. The molecular formula is C18H16FN3O3. The molecule has 0 bridgehead atoms. The number of hydrogen-bond acceptors (Lipinski definition) is 5. The third-order valence-electron chi connectivity index (χ3n) is 5.13. The van der Waals surface area contributed by atoms with E-state index in [0.717, 1.165) is 5.39 Å². The number of nitriles is 1. The molecule has 1 saturated carbocycles. The molecule has 128 valence electrons. The maximum Gasteiger partial charge on any atom is 0.255 e. The van der Waals surface area contributed by atoms with Crippen LogP contribution in [0.3, 0.4) is 0 Å². The zero-order valence-electron chi connectivity index (χ0n) is 13.6. The number of aromatic nitrogens is 1. The number of amides is 1. The van der Waals surface area contributed by atoms with Gasteiger partial charge in [-0.2, -0.15) is 5.26 Å². The summed E-state index contributed by atoms with van der Waals surface area (Å²) in [4.78, 5) is 15.9. The Kier molecular flexibility index (Phi) is 3.49. The number of nitrogens with zero attached hydrogens (tertiary/aromatic N) is 2. The highest BCUT2D eigenvalue weighted by atomic mass is 19.1. The molecule has 6 nitrogen and oxygen atoms in total. The number of benzene rings is 1. The molecule has 2 aliphatic rings. The van der Waals surface area contributed by atoms with Crippen molar-refractivity contribution in [3.05, 3.63) is 30.0 Å². The molecule has 2 heterocycles. The van der Waals surface area contributed by atoms with Gasteiger partial charge in [-0.05, 0) is 36.4 Å². The highest BCUT2D eigenvalue weighted by Crippen LogP contribution is 2.55. The fourth-order valence-corrected chi connectivity index (χ4v) is 3.49. The molecule has 1 N–H and O–H groups in total. The van der Waals surface area contributed by atoms with Crippen molar-refractivity contribution in [1.82, 2.24) is 10.3 Å². The Morgan fingerprint density at radius 2 is 2.28 bits per heavy atom. The van der Waals surface area contributed by atoms with Gasteiger partial charge >= 0.3 is 0 Å². The van der Waals surface area contributed by atoms with Gasteiger partial charge in [0.25, 0.3) is 5.91 Å². The first-order valence-corrected chi connectivity index (χ1v) is 8.03. The van der Waals surface area contributed by atoms with Gasteiger partial charge in [0.2, 0.25) is 5.88 Å². The van der Waals surface area contributed by atoms with E-state index in [0.29, 0.717) is 35.4 Å². The molecule has 1 aromatic heterocycles. The van der Waals surface area contributed by atoms with E-state index >= 15 is 0 Å². The van der Waals surface area contributed by atoms with Crippen LogP contribution in [-0.2, 0) is 4.79 Å². The lowest BCUT2D eigenvalue weighted by Gasteiger charge is -2.19. The normalized spacial score (nSPS) is 23.3. The van der Waals surface area contributed by atoms with Gasteiger partial charge < -0.3 is 14.8 Å². The van der Waals surface area contributed by atoms with E-state index in [9.17, 15) is 14.4 Å². The number of carbonyl (C=O) groups is 1. The minimum Gasteiger partial charge on any atom is -0.495 e. The first kappa shape index (κ1) is 15.6. The number of nitrogens with one attached hydrogen (secondary N) is 1. The molecule has 2 atom stereocenters. The van der Waals surface area contributed by atoms with Gasteiger partial charge in [0.05, 0.1) is 18.7 Å². The van der Waals surface area contributed by atoms with Crippen LogP contribution < -0.4 is 14.8 Å². The van der Waals surface area contributed by atoms with Gasteiger partial charge in [-0.3, -0.25) is 4.79 Å². The lowest BCUT2D eigenvalue weighted by molar-refractivity contribution is -0.124. The van der Waals surface area contributed by atoms with Crippen molar-refractivity contribution < 1.29 is 18.7 Å². The Balaban J connectivity index is 1.62. The SMILES string of the molecule is COc1cc2c(OC[C@@H]3NC(=O)[C@H](F)C34CC4)nccc2cc1C#N. The number of ether oxygens (including phenoxy) is 2. The Hall–Kier alpha value is -2.88. The molecule has 4 rings (SSSR count). The van der Waals surface area contributed by atoms with Crippen LogP contribution in [0.2, 0.25) is 0 Å². The van der Waals surface area contributed by atoms with E-state index in [4.69, 9.17) is 9.47 Å². The minimum absolute atomic E-state index is 0.153. The molecule has 0 radical (unpaired) electrons. The second-order valence-corrected chi connectivity index (χ2v) is 6.47. The molecule has 25 heavy (non-hydrogen) atoms. The average molecular weight is 341 g/mol. The fraction of sp³-hybridized carbons (Fsp3) is 0.389. The molecule has 1 aromatic carbocycles. The zero-order chi connectivity index (χ0) is 17.6. The van der Waals surface area contributed by atoms with Crippen molar-refractivity contribution >= 4 is 16.7 Å². The maximum atomic E-state index is 14.0. The summed E-state index contributed by atoms with van der Waals surface area (Å²) in [6, 6.07) is 6.92. The first-order chi connectivity index (χ1) is 12.1. The van der Waals surface area contributed by atoms with Crippen molar-refractivity contribution in [2.24, 2.45) is 5.41 Å². The largest absolute Gasteiger partial charge is 0.495 e. The fourth-order valence-electron chi connectivity index (χ4n) is 3.49. The minimum atomic E-state index is -1.46. The molecule has 0 unspecified atom stereocenters. The van der Waals surface area contributed by atoms with Crippen molar-refractivity contribution in [3.63, 3.8) is 0 Å². The van der Waals surface area contributed by atoms with E-state index in [2.05, 4.69) is 16.4 Å². The summed E-state index contributed by atoms with van der Waals surface area (Å²) in [5.74, 6) is 0.245. The molecule has 1 aliphatic carbocycles. The Morgan fingerprint density at radius 3 is 2.96 bits per heavy atom. The number of pyridine rings is 1. The van der Waals surface area contributed by atoms with Crippen molar-refractivity contribution in [2.75, 3.05) is 13.7 Å². The monoisotopic (exact) mass is 341 g/mol. The second-order valence-electron chi connectivity index (χ2n) is 6.47. The summed E-state index contributed by atoms with van der Waals surface area (Å²) in [5.41, 5.74) is -0.194. The standard InChI is InChI=1S/C18H16FN3O3/c1-24-13-7-12-10(6-11(13)8-20)2-5-21-17(12)25-9-14-18(3-4-18)15(19)16(23)22-14/h2,5-7,14-15H,3-4,9H2,1H3,(H,22,23)/t14-,15-/m0/s1. The summed E-state index contributed by atoms with van der Waals surface area (Å²) in [6.07, 6.45) is 1.50. The Bertz CT molecular complexity index is 904. The lowest BCUT2D eigenvalue weighted by Crippen LogP contribution is -2.36. The summed E-state index contributed by atoms with van der Waals surface area (Å²) in [7, 11) is 1.49. The predicted molar refractivity (Wildman–Crippen MR) is 87.0 cm³/mol. The summed E-state index contributed by atoms with van der Waals surface area (Å²) in [5, 5.41) is 13.4. The number of fused-ring (bicyclic) bond motifs is 1. The van der Waals surface area contributed by atoms with Gasteiger partial charge in [0, 0.05) is 17.0 Å². The predicted octanol–water partition coefficient (Wildman–Crippen LogP) is 2.11. The van der Waals surface area contributed by atoms with Crippen LogP contribution in [0.1, 0.15) is 18.4 Å². The van der Waals surface area contributed by atoms with Crippen LogP contribution in [-0.4, -0.2) is 36.8 Å². The second kappa shape index (κ2) is 5.59. The molecule has 1 spiro atoms. The Labute approximate surface area is 143 Å². The smallest absolute Gasteiger partial charge is 0.255 e. The third-order valence-corrected chi connectivity index (χ3v) is 5.13. The van der Waals surface area contributed by atoms with Gasteiger partial charge in [0.1, 0.15) is 18.4 Å². The number of hydrogen-bond donors (Lipinski definition) is 1. The van der Waals surface area contributed by atoms with Crippen LogP contribution >= 0.6 is 0 Å².